The topological polar surface area (TPSA) is 73.3 Å². The molecule has 0 spiro atoms. The van der Waals surface area contributed by atoms with E-state index in [1.54, 1.807) is 6.07 Å². The first-order valence-corrected chi connectivity index (χ1v) is 6.04. The standard InChI is InChI=1S/C12H17N3O3/c1-17-12(16)11-14-6-3-10(15-11)18-7-4-9-2-5-13-8-9/h3,6,9,13H,2,4-5,7-8H2,1H3. The van der Waals surface area contributed by atoms with Crippen molar-refractivity contribution >= 4 is 5.97 Å². The SMILES string of the molecule is COC(=O)c1nccc(OCCC2CCNC2)n1. The van der Waals surface area contributed by atoms with Crippen LogP contribution in [0.15, 0.2) is 12.3 Å². The molecule has 1 aromatic heterocycles. The van der Waals surface area contributed by atoms with Crippen LogP contribution in [-0.2, 0) is 4.74 Å². The molecule has 1 aliphatic rings. The van der Waals surface area contributed by atoms with E-state index in [1.165, 1.54) is 19.7 Å². The van der Waals surface area contributed by atoms with Crippen LogP contribution in [0.2, 0.25) is 0 Å². The summed E-state index contributed by atoms with van der Waals surface area (Å²) in [4.78, 5) is 19.0. The van der Waals surface area contributed by atoms with Gasteiger partial charge in [-0.1, -0.05) is 0 Å². The first kappa shape index (κ1) is 12.8. The number of aromatic nitrogens is 2. The number of methoxy groups -OCH3 is 1. The molecule has 2 heterocycles. The molecule has 98 valence electrons. The maximum atomic E-state index is 11.2. The predicted molar refractivity (Wildman–Crippen MR) is 64.5 cm³/mol. The molecule has 0 radical (unpaired) electrons. The minimum absolute atomic E-state index is 0.0255. The number of ether oxygens (including phenoxy) is 2. The quantitative estimate of drug-likeness (QED) is 0.774. The van der Waals surface area contributed by atoms with Gasteiger partial charge in [-0.3, -0.25) is 0 Å². The number of carbonyl (C=O) groups is 1. The molecule has 1 aromatic rings. The second-order valence-corrected chi connectivity index (χ2v) is 4.21. The molecule has 0 bridgehead atoms. The van der Waals surface area contributed by atoms with E-state index in [4.69, 9.17) is 4.74 Å². The van der Waals surface area contributed by atoms with Gasteiger partial charge >= 0.3 is 5.97 Å². The van der Waals surface area contributed by atoms with Crippen molar-refractivity contribution in [1.82, 2.24) is 15.3 Å². The van der Waals surface area contributed by atoms with Crippen molar-refractivity contribution in [2.45, 2.75) is 12.8 Å². The van der Waals surface area contributed by atoms with Crippen LogP contribution >= 0.6 is 0 Å². The van der Waals surface area contributed by atoms with E-state index < -0.39 is 5.97 Å². The molecule has 0 amide bonds. The monoisotopic (exact) mass is 251 g/mol. The van der Waals surface area contributed by atoms with Gasteiger partial charge in [0.05, 0.1) is 13.7 Å². The third-order valence-corrected chi connectivity index (χ3v) is 2.94. The highest BCUT2D eigenvalue weighted by Gasteiger charge is 2.14. The predicted octanol–water partition coefficient (Wildman–Crippen LogP) is 0.642. The van der Waals surface area contributed by atoms with Crippen molar-refractivity contribution in [2.24, 2.45) is 5.92 Å². The number of rotatable bonds is 5. The van der Waals surface area contributed by atoms with Crippen LogP contribution in [0, 0.1) is 5.92 Å². The summed E-state index contributed by atoms with van der Waals surface area (Å²) < 4.78 is 10.1. The number of carbonyl (C=O) groups excluding carboxylic acids is 1. The van der Waals surface area contributed by atoms with E-state index >= 15 is 0 Å². The van der Waals surface area contributed by atoms with Crippen LogP contribution in [0.4, 0.5) is 0 Å². The lowest BCUT2D eigenvalue weighted by Gasteiger charge is -2.09. The fourth-order valence-electron chi connectivity index (χ4n) is 1.90. The van der Waals surface area contributed by atoms with Gasteiger partial charge in [0, 0.05) is 12.3 Å². The lowest BCUT2D eigenvalue weighted by atomic mass is 10.1. The molecular formula is C12H17N3O3. The summed E-state index contributed by atoms with van der Waals surface area (Å²) in [6.07, 6.45) is 3.68. The number of esters is 1. The molecule has 0 aromatic carbocycles. The number of hydrogen-bond donors (Lipinski definition) is 1. The van der Waals surface area contributed by atoms with Crippen LogP contribution < -0.4 is 10.1 Å². The molecule has 0 aliphatic carbocycles. The summed E-state index contributed by atoms with van der Waals surface area (Å²) in [6.45, 7) is 2.75. The Kier molecular flexibility index (Phi) is 4.46. The van der Waals surface area contributed by atoms with Gasteiger partial charge in [-0.2, -0.15) is 4.98 Å². The second-order valence-electron chi connectivity index (χ2n) is 4.21. The summed E-state index contributed by atoms with van der Waals surface area (Å²) >= 11 is 0. The van der Waals surface area contributed by atoms with Gasteiger partial charge in [-0.15, -0.1) is 0 Å². The normalized spacial score (nSPS) is 18.6. The lowest BCUT2D eigenvalue weighted by Crippen LogP contribution is -2.13. The zero-order chi connectivity index (χ0) is 12.8. The molecule has 1 unspecified atom stereocenters. The number of nitrogens with one attached hydrogen (secondary N) is 1. The minimum atomic E-state index is -0.555. The Morgan fingerprint density at radius 1 is 1.61 bits per heavy atom. The largest absolute Gasteiger partial charge is 0.478 e. The molecule has 2 rings (SSSR count). The van der Waals surface area contributed by atoms with Gasteiger partial charge in [0.2, 0.25) is 11.7 Å². The van der Waals surface area contributed by atoms with Gasteiger partial charge in [0.25, 0.3) is 0 Å². The van der Waals surface area contributed by atoms with Crippen LogP contribution in [0.5, 0.6) is 5.88 Å². The van der Waals surface area contributed by atoms with Crippen molar-refractivity contribution < 1.29 is 14.3 Å². The molecule has 6 nitrogen and oxygen atoms in total. The van der Waals surface area contributed by atoms with Crippen molar-refractivity contribution in [3.8, 4) is 5.88 Å². The van der Waals surface area contributed by atoms with Crippen LogP contribution in [0.3, 0.4) is 0 Å². The summed E-state index contributed by atoms with van der Waals surface area (Å²) in [6, 6.07) is 1.64. The molecule has 1 aliphatic heterocycles. The minimum Gasteiger partial charge on any atom is -0.478 e. The van der Waals surface area contributed by atoms with Gasteiger partial charge < -0.3 is 14.8 Å². The smallest absolute Gasteiger partial charge is 0.376 e. The fourth-order valence-corrected chi connectivity index (χ4v) is 1.90. The molecule has 1 fully saturated rings. The highest BCUT2D eigenvalue weighted by molar-refractivity contribution is 5.84. The Balaban J connectivity index is 1.83. The van der Waals surface area contributed by atoms with E-state index in [0.29, 0.717) is 18.4 Å². The first-order chi connectivity index (χ1) is 8.79. The fraction of sp³-hybridized carbons (Fsp3) is 0.583. The van der Waals surface area contributed by atoms with E-state index in [0.717, 1.165) is 19.5 Å². The maximum Gasteiger partial charge on any atom is 0.376 e. The lowest BCUT2D eigenvalue weighted by molar-refractivity contribution is 0.0585. The van der Waals surface area contributed by atoms with Crippen molar-refractivity contribution in [1.29, 1.82) is 0 Å². The van der Waals surface area contributed by atoms with Crippen LogP contribution in [-0.4, -0.2) is 42.7 Å². The molecule has 1 atom stereocenters. The van der Waals surface area contributed by atoms with Crippen LogP contribution in [0.25, 0.3) is 0 Å². The van der Waals surface area contributed by atoms with Crippen molar-refractivity contribution in [3.05, 3.63) is 18.1 Å². The van der Waals surface area contributed by atoms with E-state index in [1.807, 2.05) is 0 Å². The third kappa shape index (κ3) is 3.40. The molecular weight excluding hydrogens is 234 g/mol. The Morgan fingerprint density at radius 3 is 3.22 bits per heavy atom. The van der Waals surface area contributed by atoms with Gasteiger partial charge in [-0.05, 0) is 31.8 Å². The summed E-state index contributed by atoms with van der Waals surface area (Å²) in [5, 5.41) is 3.31. The molecule has 1 saturated heterocycles. The molecule has 6 heteroatoms. The average molecular weight is 251 g/mol. The van der Waals surface area contributed by atoms with Crippen LogP contribution in [0.1, 0.15) is 23.5 Å². The highest BCUT2D eigenvalue weighted by atomic mass is 16.5. The van der Waals surface area contributed by atoms with E-state index in [-0.39, 0.29) is 5.82 Å². The van der Waals surface area contributed by atoms with Crippen molar-refractivity contribution in [2.75, 3.05) is 26.8 Å². The van der Waals surface area contributed by atoms with Gasteiger partial charge in [-0.25, -0.2) is 9.78 Å². The maximum absolute atomic E-state index is 11.2. The zero-order valence-electron chi connectivity index (χ0n) is 10.4. The Labute approximate surface area is 106 Å². The summed E-state index contributed by atoms with van der Waals surface area (Å²) in [7, 11) is 1.30. The van der Waals surface area contributed by atoms with E-state index in [2.05, 4.69) is 20.0 Å². The van der Waals surface area contributed by atoms with Crippen molar-refractivity contribution in [3.63, 3.8) is 0 Å². The van der Waals surface area contributed by atoms with Gasteiger partial charge in [0.15, 0.2) is 0 Å². The molecule has 0 saturated carbocycles. The third-order valence-electron chi connectivity index (χ3n) is 2.94. The Bertz CT molecular complexity index is 405. The number of nitrogens with zero attached hydrogens (tertiary/aromatic N) is 2. The van der Waals surface area contributed by atoms with Gasteiger partial charge in [0.1, 0.15) is 0 Å². The van der Waals surface area contributed by atoms with E-state index in [9.17, 15) is 4.79 Å². The molecule has 18 heavy (non-hydrogen) atoms. The zero-order valence-corrected chi connectivity index (χ0v) is 10.4. The summed E-state index contributed by atoms with van der Waals surface area (Å²) in [5.74, 6) is 0.557. The Morgan fingerprint density at radius 2 is 2.50 bits per heavy atom. The highest BCUT2D eigenvalue weighted by Crippen LogP contribution is 2.13. The number of hydrogen-bond acceptors (Lipinski definition) is 6. The second kappa shape index (κ2) is 6.30. The molecule has 1 N–H and O–H groups in total. The Hall–Kier alpha value is -1.69. The average Bonchev–Trinajstić information content (AvgIpc) is 2.91. The first-order valence-electron chi connectivity index (χ1n) is 6.04. The summed E-state index contributed by atoms with van der Waals surface area (Å²) in [5.41, 5.74) is 0.